The Morgan fingerprint density at radius 2 is 2.07 bits per heavy atom. The van der Waals surface area contributed by atoms with Gasteiger partial charge in [-0.25, -0.2) is 4.98 Å². The molecule has 1 fully saturated rings. The smallest absolute Gasteiger partial charge is 0.191 e. The minimum Gasteiger partial charge on any atom is -0.379 e. The SMILES string of the molecule is CN=C(NCc1ccccc1-n1ccnc1)NCC(c1cccs1)N1CCOCC1. The summed E-state index contributed by atoms with van der Waals surface area (Å²) in [7, 11) is 1.81. The fourth-order valence-electron chi connectivity index (χ4n) is 3.69. The Kier molecular flexibility index (Phi) is 7.12. The number of nitrogens with zero attached hydrogens (tertiary/aromatic N) is 4. The van der Waals surface area contributed by atoms with Crippen LogP contribution in [0.1, 0.15) is 16.5 Å². The maximum Gasteiger partial charge on any atom is 0.191 e. The van der Waals surface area contributed by atoms with E-state index >= 15 is 0 Å². The lowest BCUT2D eigenvalue weighted by atomic mass is 10.1. The van der Waals surface area contributed by atoms with Gasteiger partial charge in [-0.15, -0.1) is 11.3 Å². The molecule has 8 heteroatoms. The molecule has 7 nitrogen and oxygen atoms in total. The normalized spacial score (nSPS) is 16.4. The summed E-state index contributed by atoms with van der Waals surface area (Å²) in [6.45, 7) is 4.96. The van der Waals surface area contributed by atoms with Gasteiger partial charge in [0.2, 0.25) is 0 Å². The van der Waals surface area contributed by atoms with Crippen LogP contribution < -0.4 is 10.6 Å². The monoisotopic (exact) mass is 424 g/mol. The number of guanidine groups is 1. The third-order valence-electron chi connectivity index (χ3n) is 5.26. The van der Waals surface area contributed by atoms with Crippen molar-refractivity contribution < 1.29 is 4.74 Å². The zero-order valence-electron chi connectivity index (χ0n) is 17.2. The molecule has 3 aromatic rings. The molecule has 0 spiro atoms. The maximum absolute atomic E-state index is 5.54. The van der Waals surface area contributed by atoms with Crippen molar-refractivity contribution in [1.29, 1.82) is 0 Å². The van der Waals surface area contributed by atoms with E-state index in [1.807, 2.05) is 30.2 Å². The summed E-state index contributed by atoms with van der Waals surface area (Å²) < 4.78 is 7.57. The molecule has 1 unspecified atom stereocenters. The summed E-state index contributed by atoms with van der Waals surface area (Å²) in [6, 6.07) is 13.0. The lowest BCUT2D eigenvalue weighted by Gasteiger charge is -2.34. The van der Waals surface area contributed by atoms with Crippen molar-refractivity contribution in [2.45, 2.75) is 12.6 Å². The number of morpholine rings is 1. The van der Waals surface area contributed by atoms with Gasteiger partial charge in [0, 0.05) is 50.5 Å². The maximum atomic E-state index is 5.54. The van der Waals surface area contributed by atoms with Crippen LogP contribution in [0, 0.1) is 0 Å². The molecular weight excluding hydrogens is 396 g/mol. The first kappa shape index (κ1) is 20.6. The molecule has 3 heterocycles. The number of hydrogen-bond donors (Lipinski definition) is 2. The second-order valence-corrected chi connectivity index (χ2v) is 8.06. The second kappa shape index (κ2) is 10.4. The standard InChI is InChI=1S/C22H28N6OS/c1-23-22(25-15-18-5-2-3-6-19(18)28-9-8-24-17-28)26-16-20(21-7-4-14-30-21)27-10-12-29-13-11-27/h2-9,14,17,20H,10-13,15-16H2,1H3,(H2,23,25,26). The molecule has 4 rings (SSSR count). The topological polar surface area (TPSA) is 66.7 Å². The predicted octanol–water partition coefficient (Wildman–Crippen LogP) is 2.67. The molecule has 1 saturated heterocycles. The summed E-state index contributed by atoms with van der Waals surface area (Å²) >= 11 is 1.80. The van der Waals surface area contributed by atoms with E-state index in [0.29, 0.717) is 12.6 Å². The Labute approximate surface area is 181 Å². The number of ether oxygens (including phenoxy) is 1. The van der Waals surface area contributed by atoms with Gasteiger partial charge in [-0.2, -0.15) is 0 Å². The molecule has 2 aromatic heterocycles. The van der Waals surface area contributed by atoms with E-state index in [-0.39, 0.29) is 0 Å². The minimum absolute atomic E-state index is 0.311. The van der Waals surface area contributed by atoms with Crippen LogP contribution in [0.2, 0.25) is 0 Å². The van der Waals surface area contributed by atoms with Crippen LogP contribution >= 0.6 is 11.3 Å². The van der Waals surface area contributed by atoms with E-state index in [1.54, 1.807) is 17.5 Å². The average molecular weight is 425 g/mol. The molecule has 30 heavy (non-hydrogen) atoms. The Morgan fingerprint density at radius 1 is 1.20 bits per heavy atom. The fourth-order valence-corrected chi connectivity index (χ4v) is 4.55. The first-order valence-corrected chi connectivity index (χ1v) is 11.1. The van der Waals surface area contributed by atoms with Crippen LogP contribution in [0.25, 0.3) is 5.69 Å². The summed E-state index contributed by atoms with van der Waals surface area (Å²) in [5.41, 5.74) is 2.30. The summed E-state index contributed by atoms with van der Waals surface area (Å²) in [5, 5.41) is 9.12. The average Bonchev–Trinajstić information content (AvgIpc) is 3.52. The number of nitrogens with one attached hydrogen (secondary N) is 2. The van der Waals surface area contributed by atoms with Crippen molar-refractivity contribution in [3.05, 3.63) is 70.9 Å². The Hall–Kier alpha value is -2.68. The molecule has 1 aromatic carbocycles. The van der Waals surface area contributed by atoms with Gasteiger partial charge in [-0.05, 0) is 23.1 Å². The van der Waals surface area contributed by atoms with Gasteiger partial charge < -0.3 is 19.9 Å². The summed E-state index contributed by atoms with van der Waals surface area (Å²) in [6.07, 6.45) is 5.57. The number of hydrogen-bond acceptors (Lipinski definition) is 5. The first-order chi connectivity index (χ1) is 14.8. The third kappa shape index (κ3) is 5.08. The Balaban J connectivity index is 1.39. The molecule has 2 N–H and O–H groups in total. The summed E-state index contributed by atoms with van der Waals surface area (Å²) in [5.74, 6) is 0.797. The van der Waals surface area contributed by atoms with Gasteiger partial charge in [0.05, 0.1) is 31.3 Å². The number of thiophene rings is 1. The molecular formula is C22H28N6OS. The van der Waals surface area contributed by atoms with Gasteiger partial charge in [0.15, 0.2) is 5.96 Å². The zero-order valence-corrected chi connectivity index (χ0v) is 18.0. The van der Waals surface area contributed by atoms with Gasteiger partial charge in [-0.1, -0.05) is 24.3 Å². The number of imidazole rings is 1. The van der Waals surface area contributed by atoms with Crippen LogP contribution in [0.5, 0.6) is 0 Å². The molecule has 0 amide bonds. The quantitative estimate of drug-likeness (QED) is 0.451. The van der Waals surface area contributed by atoms with Crippen molar-refractivity contribution in [3.8, 4) is 5.69 Å². The van der Waals surface area contributed by atoms with E-state index in [2.05, 4.69) is 61.2 Å². The predicted molar refractivity (Wildman–Crippen MR) is 121 cm³/mol. The van der Waals surface area contributed by atoms with Crippen LogP contribution in [0.4, 0.5) is 0 Å². The Bertz CT molecular complexity index is 919. The lowest BCUT2D eigenvalue weighted by Crippen LogP contribution is -2.46. The highest BCUT2D eigenvalue weighted by Gasteiger charge is 2.23. The summed E-state index contributed by atoms with van der Waals surface area (Å²) in [4.78, 5) is 12.4. The molecule has 0 saturated carbocycles. The molecule has 0 aliphatic carbocycles. The molecule has 0 radical (unpaired) electrons. The molecule has 1 aliphatic heterocycles. The van der Waals surface area contributed by atoms with Crippen molar-refractivity contribution >= 4 is 17.3 Å². The number of para-hydroxylation sites is 1. The van der Waals surface area contributed by atoms with E-state index in [4.69, 9.17) is 4.74 Å². The molecule has 158 valence electrons. The van der Waals surface area contributed by atoms with Crippen LogP contribution in [0.3, 0.4) is 0 Å². The zero-order chi connectivity index (χ0) is 20.6. The van der Waals surface area contributed by atoms with Crippen molar-refractivity contribution in [1.82, 2.24) is 25.1 Å². The van der Waals surface area contributed by atoms with E-state index in [9.17, 15) is 0 Å². The first-order valence-electron chi connectivity index (χ1n) is 10.2. The number of aliphatic imine (C=N–C) groups is 1. The van der Waals surface area contributed by atoms with Crippen molar-refractivity contribution in [3.63, 3.8) is 0 Å². The molecule has 1 aliphatic rings. The number of rotatable bonds is 7. The molecule has 1 atom stereocenters. The Morgan fingerprint density at radius 3 is 2.80 bits per heavy atom. The van der Waals surface area contributed by atoms with Gasteiger partial charge >= 0.3 is 0 Å². The van der Waals surface area contributed by atoms with Crippen molar-refractivity contribution in [2.24, 2.45) is 4.99 Å². The van der Waals surface area contributed by atoms with Gasteiger partial charge in [0.1, 0.15) is 0 Å². The van der Waals surface area contributed by atoms with E-state index in [0.717, 1.165) is 44.5 Å². The van der Waals surface area contributed by atoms with Crippen LogP contribution in [-0.2, 0) is 11.3 Å². The number of aromatic nitrogens is 2. The fraction of sp³-hybridized carbons (Fsp3) is 0.364. The highest BCUT2D eigenvalue weighted by molar-refractivity contribution is 7.10. The van der Waals surface area contributed by atoms with Crippen molar-refractivity contribution in [2.75, 3.05) is 39.9 Å². The van der Waals surface area contributed by atoms with Crippen LogP contribution in [0.15, 0.2) is 65.5 Å². The largest absolute Gasteiger partial charge is 0.379 e. The van der Waals surface area contributed by atoms with E-state index in [1.165, 1.54) is 10.4 Å². The minimum atomic E-state index is 0.311. The lowest BCUT2D eigenvalue weighted by molar-refractivity contribution is 0.0177. The van der Waals surface area contributed by atoms with E-state index < -0.39 is 0 Å². The number of benzene rings is 1. The highest BCUT2D eigenvalue weighted by Crippen LogP contribution is 2.25. The molecule has 0 bridgehead atoms. The van der Waals surface area contributed by atoms with Gasteiger partial charge in [0.25, 0.3) is 0 Å². The van der Waals surface area contributed by atoms with Gasteiger partial charge in [-0.3, -0.25) is 9.89 Å². The third-order valence-corrected chi connectivity index (χ3v) is 6.24. The highest BCUT2D eigenvalue weighted by atomic mass is 32.1. The van der Waals surface area contributed by atoms with Crippen LogP contribution in [-0.4, -0.2) is 60.3 Å². The second-order valence-electron chi connectivity index (χ2n) is 7.08.